The van der Waals surface area contributed by atoms with Crippen LogP contribution in [0.25, 0.3) is 0 Å². The lowest BCUT2D eigenvalue weighted by molar-refractivity contribution is -0.485. The Morgan fingerprint density at radius 2 is 1.92 bits per heavy atom. The van der Waals surface area contributed by atoms with Gasteiger partial charge in [-0.2, -0.15) is 0 Å². The number of halogens is 1. The summed E-state index contributed by atoms with van der Waals surface area (Å²) in [6.45, 7) is 1.56. The molecular formula is C14H21ClN6O3. The first kappa shape index (κ1) is 19.7. The normalized spacial score (nSPS) is 15.5. The van der Waals surface area contributed by atoms with Crippen LogP contribution in [0.2, 0.25) is 0 Å². The molecule has 132 valence electrons. The number of rotatable bonds is 5. The minimum atomic E-state index is -0.875. The van der Waals surface area contributed by atoms with Crippen molar-refractivity contribution in [1.29, 1.82) is 0 Å². The number of hydrogen-bond donors (Lipinski definition) is 3. The molecule has 0 aliphatic carbocycles. The van der Waals surface area contributed by atoms with Crippen molar-refractivity contribution in [1.82, 2.24) is 4.90 Å². The molecule has 24 heavy (non-hydrogen) atoms. The third-order valence-corrected chi connectivity index (χ3v) is 3.61. The highest BCUT2D eigenvalue weighted by Crippen LogP contribution is 2.13. The lowest BCUT2D eigenvalue weighted by Crippen LogP contribution is -2.43. The molecule has 5 N–H and O–H groups in total. The highest BCUT2D eigenvalue weighted by Gasteiger charge is 2.23. The van der Waals surface area contributed by atoms with Crippen molar-refractivity contribution in [2.75, 3.05) is 18.4 Å². The molecule has 1 fully saturated rings. The van der Waals surface area contributed by atoms with E-state index in [9.17, 15) is 14.9 Å². The van der Waals surface area contributed by atoms with Gasteiger partial charge in [0, 0.05) is 18.8 Å². The average Bonchev–Trinajstić information content (AvgIpc) is 3.01. The molecule has 1 saturated heterocycles. The number of benzene rings is 1. The molecule has 0 spiro atoms. The summed E-state index contributed by atoms with van der Waals surface area (Å²) in [5.74, 6) is -0.323. The van der Waals surface area contributed by atoms with Gasteiger partial charge in [0.15, 0.2) is 5.03 Å². The number of nitrogens with zero attached hydrogens (tertiary/aromatic N) is 3. The molecule has 1 aromatic rings. The molecule has 0 aromatic heterocycles. The summed E-state index contributed by atoms with van der Waals surface area (Å²) >= 11 is 0. The van der Waals surface area contributed by atoms with Crippen LogP contribution in [-0.2, 0) is 11.2 Å². The van der Waals surface area contributed by atoms with Gasteiger partial charge in [-0.3, -0.25) is 4.79 Å². The van der Waals surface area contributed by atoms with Crippen molar-refractivity contribution in [3.05, 3.63) is 39.9 Å². The zero-order chi connectivity index (χ0) is 16.8. The Bertz CT molecular complexity index is 601. The average molecular weight is 357 g/mol. The Balaban J connectivity index is 0.00000288. The van der Waals surface area contributed by atoms with Gasteiger partial charge in [0.25, 0.3) is 5.96 Å². The van der Waals surface area contributed by atoms with Gasteiger partial charge in [-0.25, -0.2) is 10.1 Å². The molecule has 0 bridgehead atoms. The number of nitrogens with one attached hydrogen (secondary N) is 1. The third-order valence-electron chi connectivity index (χ3n) is 3.61. The number of hydrazone groups is 1. The van der Waals surface area contributed by atoms with Crippen LogP contribution in [0.15, 0.2) is 29.4 Å². The van der Waals surface area contributed by atoms with Crippen molar-refractivity contribution >= 4 is 30.0 Å². The fraction of sp³-hybridized carbons (Fsp3) is 0.429. The first-order valence-electron chi connectivity index (χ1n) is 7.34. The van der Waals surface area contributed by atoms with Gasteiger partial charge in [-0.05, 0) is 37.0 Å². The molecule has 1 amide bonds. The van der Waals surface area contributed by atoms with Crippen LogP contribution in [0, 0.1) is 10.1 Å². The number of amides is 1. The fourth-order valence-corrected chi connectivity index (χ4v) is 2.50. The zero-order valence-electron chi connectivity index (χ0n) is 13.1. The van der Waals surface area contributed by atoms with Gasteiger partial charge in [0.1, 0.15) is 5.10 Å². The Morgan fingerprint density at radius 1 is 1.33 bits per heavy atom. The second-order valence-electron chi connectivity index (χ2n) is 5.39. The number of carbonyl (C=O) groups excluding carboxylic acids is 1. The van der Waals surface area contributed by atoms with E-state index < -0.39 is 11.1 Å². The van der Waals surface area contributed by atoms with E-state index in [-0.39, 0.29) is 24.3 Å². The van der Waals surface area contributed by atoms with Crippen LogP contribution < -0.4 is 16.8 Å². The first-order chi connectivity index (χ1) is 11.0. The molecule has 0 unspecified atom stereocenters. The third kappa shape index (κ3) is 5.67. The number of guanidine groups is 1. The highest BCUT2D eigenvalue weighted by atomic mass is 35.5. The Kier molecular flexibility index (Phi) is 7.40. The largest absolute Gasteiger partial charge is 0.364 e. The van der Waals surface area contributed by atoms with E-state index in [2.05, 4.69) is 10.4 Å². The molecular weight excluding hydrogens is 336 g/mol. The van der Waals surface area contributed by atoms with E-state index in [4.69, 9.17) is 11.5 Å². The minimum absolute atomic E-state index is 0. The number of hydrogen-bond acceptors (Lipinski definition) is 4. The standard InChI is InChI=1S/C14H20N6O3.ClH/c15-12(13(21)19-7-1-2-8-19)9-10-3-5-11(6-4-10)17-14(16)18-20(22)23;/h3-6,12H,1-2,7-9,15H2,(H3,16,17,18);1H/t12-;/m0./s1. The summed E-state index contributed by atoms with van der Waals surface area (Å²) in [6, 6.07) is 6.42. The molecule has 1 aliphatic heterocycles. The summed E-state index contributed by atoms with van der Waals surface area (Å²) < 4.78 is 0. The minimum Gasteiger partial charge on any atom is -0.364 e. The Hall–Kier alpha value is -2.39. The second kappa shape index (κ2) is 9.04. The van der Waals surface area contributed by atoms with Crippen molar-refractivity contribution in [2.45, 2.75) is 25.3 Å². The Labute approximate surface area is 145 Å². The molecule has 1 heterocycles. The molecule has 2 rings (SSSR count). The summed E-state index contributed by atoms with van der Waals surface area (Å²) in [5, 5.41) is 14.9. The van der Waals surface area contributed by atoms with E-state index in [1.165, 1.54) is 0 Å². The van der Waals surface area contributed by atoms with Crippen LogP contribution in [0.1, 0.15) is 18.4 Å². The van der Waals surface area contributed by atoms with Crippen LogP contribution in [0.3, 0.4) is 0 Å². The van der Waals surface area contributed by atoms with E-state index in [0.29, 0.717) is 12.1 Å². The first-order valence-corrected chi connectivity index (χ1v) is 7.34. The summed E-state index contributed by atoms with van der Waals surface area (Å²) in [5.41, 5.74) is 12.8. The van der Waals surface area contributed by atoms with Gasteiger partial charge >= 0.3 is 0 Å². The number of nitro groups is 1. The van der Waals surface area contributed by atoms with Crippen LogP contribution in [-0.4, -0.2) is 40.9 Å². The van der Waals surface area contributed by atoms with Gasteiger partial charge in [-0.15, -0.1) is 12.4 Å². The SMILES string of the molecule is Cl.NC(=N[N+](=O)[O-])Nc1ccc(C[C@H](N)C(=O)N2CCCC2)cc1. The van der Waals surface area contributed by atoms with Crippen molar-refractivity contribution < 1.29 is 9.83 Å². The van der Waals surface area contributed by atoms with E-state index in [0.717, 1.165) is 31.5 Å². The monoisotopic (exact) mass is 356 g/mol. The van der Waals surface area contributed by atoms with Gasteiger partial charge < -0.3 is 21.7 Å². The molecule has 1 aromatic carbocycles. The molecule has 9 nitrogen and oxygen atoms in total. The van der Waals surface area contributed by atoms with Crippen molar-refractivity contribution in [2.24, 2.45) is 16.6 Å². The summed E-state index contributed by atoms with van der Waals surface area (Å²) in [7, 11) is 0. The smallest absolute Gasteiger partial charge is 0.270 e. The van der Waals surface area contributed by atoms with Crippen molar-refractivity contribution in [3.63, 3.8) is 0 Å². The molecule has 1 atom stereocenters. The quantitative estimate of drug-likeness (QED) is 0.304. The van der Waals surface area contributed by atoms with Crippen LogP contribution in [0.5, 0.6) is 0 Å². The maximum atomic E-state index is 12.2. The van der Waals surface area contributed by atoms with E-state index in [1.54, 1.807) is 29.2 Å². The number of nitrogens with two attached hydrogens (primary N) is 2. The van der Waals surface area contributed by atoms with E-state index >= 15 is 0 Å². The molecule has 0 saturated carbocycles. The predicted molar refractivity (Wildman–Crippen MR) is 93.4 cm³/mol. The maximum absolute atomic E-state index is 12.2. The topological polar surface area (TPSA) is 140 Å². The predicted octanol–water partition coefficient (Wildman–Crippen LogP) is 0.519. The Morgan fingerprint density at radius 3 is 2.46 bits per heavy atom. The summed E-state index contributed by atoms with van der Waals surface area (Å²) in [4.78, 5) is 24.2. The number of anilines is 1. The molecule has 0 radical (unpaired) electrons. The maximum Gasteiger partial charge on any atom is 0.270 e. The van der Waals surface area contributed by atoms with Gasteiger partial charge in [0.05, 0.1) is 6.04 Å². The lowest BCUT2D eigenvalue weighted by atomic mass is 10.1. The van der Waals surface area contributed by atoms with Crippen LogP contribution >= 0.6 is 12.4 Å². The number of carbonyl (C=O) groups is 1. The lowest BCUT2D eigenvalue weighted by Gasteiger charge is -2.20. The van der Waals surface area contributed by atoms with Gasteiger partial charge in [0.2, 0.25) is 5.91 Å². The van der Waals surface area contributed by atoms with Crippen LogP contribution in [0.4, 0.5) is 5.69 Å². The fourth-order valence-electron chi connectivity index (χ4n) is 2.50. The number of likely N-dealkylation sites (tertiary alicyclic amines) is 1. The highest BCUT2D eigenvalue weighted by molar-refractivity contribution is 5.91. The zero-order valence-corrected chi connectivity index (χ0v) is 13.9. The molecule has 10 heteroatoms. The van der Waals surface area contributed by atoms with Crippen molar-refractivity contribution in [3.8, 4) is 0 Å². The summed E-state index contributed by atoms with van der Waals surface area (Å²) in [6.07, 6.45) is 2.51. The van der Waals surface area contributed by atoms with E-state index in [1.807, 2.05) is 0 Å². The molecule has 1 aliphatic rings. The van der Waals surface area contributed by atoms with Gasteiger partial charge in [-0.1, -0.05) is 12.1 Å². The second-order valence-corrected chi connectivity index (χ2v) is 5.39.